The van der Waals surface area contributed by atoms with E-state index in [1.807, 2.05) is 25.1 Å². The number of nitrogens with one attached hydrogen (secondary N) is 1. The Labute approximate surface area is 173 Å². The molecule has 9 heteroatoms. The van der Waals surface area contributed by atoms with E-state index in [1.165, 1.54) is 6.20 Å². The predicted octanol–water partition coefficient (Wildman–Crippen LogP) is 1.73. The van der Waals surface area contributed by atoms with Gasteiger partial charge in [-0.2, -0.15) is 5.10 Å². The van der Waals surface area contributed by atoms with Gasteiger partial charge in [0, 0.05) is 18.8 Å². The number of amides is 1. The Morgan fingerprint density at radius 1 is 1.30 bits per heavy atom. The zero-order chi connectivity index (χ0) is 20.9. The average molecular weight is 410 g/mol. The molecule has 30 heavy (non-hydrogen) atoms. The number of hydrogen-bond donors (Lipinski definition) is 2. The number of aliphatic hydroxyl groups excluding tert-OH is 1. The molecule has 0 spiro atoms. The summed E-state index contributed by atoms with van der Waals surface area (Å²) in [6.07, 6.45) is 2.91. The molecule has 9 nitrogen and oxygen atoms in total. The Hall–Kier alpha value is -3.59. The first-order valence-corrected chi connectivity index (χ1v) is 9.62. The third-order valence-electron chi connectivity index (χ3n) is 4.60. The molecule has 1 aromatic carbocycles. The van der Waals surface area contributed by atoms with Crippen LogP contribution in [0.15, 0.2) is 48.8 Å². The van der Waals surface area contributed by atoms with Gasteiger partial charge < -0.3 is 24.6 Å². The van der Waals surface area contributed by atoms with E-state index in [0.29, 0.717) is 35.1 Å². The monoisotopic (exact) mass is 410 g/mol. The molecule has 0 bridgehead atoms. The van der Waals surface area contributed by atoms with E-state index in [2.05, 4.69) is 15.4 Å². The Bertz CT molecular complexity index is 1020. The van der Waals surface area contributed by atoms with Crippen molar-refractivity contribution in [2.24, 2.45) is 0 Å². The minimum absolute atomic E-state index is 0.0216. The number of pyridine rings is 1. The molecular weight excluding hydrogens is 388 g/mol. The molecule has 0 aliphatic carbocycles. The second-order valence-corrected chi connectivity index (χ2v) is 6.65. The molecule has 4 rings (SSSR count). The number of aromatic nitrogens is 3. The summed E-state index contributed by atoms with van der Waals surface area (Å²) >= 11 is 0. The highest BCUT2D eigenvalue weighted by molar-refractivity contribution is 5.95. The highest BCUT2D eigenvalue weighted by Crippen LogP contribution is 2.35. The van der Waals surface area contributed by atoms with Gasteiger partial charge in [0.05, 0.1) is 17.5 Å². The van der Waals surface area contributed by atoms with Crippen molar-refractivity contribution < 1.29 is 24.1 Å². The molecule has 1 atom stereocenters. The van der Waals surface area contributed by atoms with Gasteiger partial charge in [-0.05, 0) is 30.7 Å². The molecule has 3 heterocycles. The summed E-state index contributed by atoms with van der Waals surface area (Å²) < 4.78 is 17.8. The minimum atomic E-state index is -0.879. The number of nitrogens with zero attached hydrogens (tertiary/aromatic N) is 3. The van der Waals surface area contributed by atoms with Gasteiger partial charge in [-0.25, -0.2) is 9.67 Å². The number of carbonyl (C=O) groups excluding carboxylic acids is 1. The van der Waals surface area contributed by atoms with Crippen LogP contribution in [-0.2, 0) is 6.42 Å². The van der Waals surface area contributed by atoms with Crippen molar-refractivity contribution in [2.45, 2.75) is 19.4 Å². The van der Waals surface area contributed by atoms with Crippen LogP contribution in [0.2, 0.25) is 0 Å². The first-order valence-electron chi connectivity index (χ1n) is 9.62. The highest BCUT2D eigenvalue weighted by atomic mass is 16.7. The fourth-order valence-electron chi connectivity index (χ4n) is 3.10. The number of ether oxygens (including phenoxy) is 3. The van der Waals surface area contributed by atoms with Crippen LogP contribution >= 0.6 is 0 Å². The summed E-state index contributed by atoms with van der Waals surface area (Å²) in [5, 5.41) is 17.2. The number of carbonyl (C=O) groups is 1. The quantitative estimate of drug-likeness (QED) is 0.582. The Kier molecular flexibility index (Phi) is 5.80. The van der Waals surface area contributed by atoms with E-state index in [-0.39, 0.29) is 25.9 Å². The number of rotatable bonds is 8. The summed E-state index contributed by atoms with van der Waals surface area (Å²) in [5.41, 5.74) is 1.20. The lowest BCUT2D eigenvalue weighted by atomic mass is 10.2. The Morgan fingerprint density at radius 3 is 2.97 bits per heavy atom. The molecule has 1 unspecified atom stereocenters. The fourth-order valence-corrected chi connectivity index (χ4v) is 3.10. The highest BCUT2D eigenvalue weighted by Gasteiger charge is 2.19. The second kappa shape index (κ2) is 8.83. The van der Waals surface area contributed by atoms with Gasteiger partial charge in [0.1, 0.15) is 18.5 Å². The smallest absolute Gasteiger partial charge is 0.254 e. The van der Waals surface area contributed by atoms with Crippen molar-refractivity contribution in [3.8, 4) is 23.1 Å². The zero-order valence-electron chi connectivity index (χ0n) is 16.4. The lowest BCUT2D eigenvalue weighted by Gasteiger charge is -2.14. The number of aliphatic hydroxyl groups is 1. The molecule has 1 aliphatic heterocycles. The molecule has 2 aromatic heterocycles. The van der Waals surface area contributed by atoms with E-state index in [0.717, 1.165) is 5.69 Å². The maximum Gasteiger partial charge on any atom is 0.254 e. The lowest BCUT2D eigenvalue weighted by molar-refractivity contribution is 0.0842. The van der Waals surface area contributed by atoms with Crippen LogP contribution in [0.4, 0.5) is 0 Å². The number of hydrogen-bond acceptors (Lipinski definition) is 7. The first kappa shape index (κ1) is 19.7. The molecule has 0 saturated carbocycles. The second-order valence-electron chi connectivity index (χ2n) is 6.65. The summed E-state index contributed by atoms with van der Waals surface area (Å²) in [7, 11) is 0. The van der Waals surface area contributed by atoms with E-state index in [9.17, 15) is 9.90 Å². The third-order valence-corrected chi connectivity index (χ3v) is 4.60. The van der Waals surface area contributed by atoms with Crippen molar-refractivity contribution in [3.05, 3.63) is 60.0 Å². The Morgan fingerprint density at radius 2 is 2.17 bits per heavy atom. The maximum atomic E-state index is 12.6. The molecule has 0 fully saturated rings. The van der Waals surface area contributed by atoms with Crippen LogP contribution in [-0.4, -0.2) is 51.8 Å². The van der Waals surface area contributed by atoms with Crippen molar-refractivity contribution in [3.63, 3.8) is 0 Å². The van der Waals surface area contributed by atoms with Gasteiger partial charge in [-0.3, -0.25) is 4.79 Å². The standard InChI is InChI=1S/C21H22N4O5/c1-2-17-16(11-24-25(17)20-5-3-4-8-22-20)21(27)23-10-14(26)12-28-15-6-7-18-19(9-15)30-13-29-18/h3-9,11,14,26H,2,10,12-13H2,1H3,(H,23,27). The van der Waals surface area contributed by atoms with Gasteiger partial charge >= 0.3 is 0 Å². The number of benzene rings is 1. The lowest BCUT2D eigenvalue weighted by Crippen LogP contribution is -2.35. The van der Waals surface area contributed by atoms with E-state index in [1.54, 1.807) is 29.1 Å². The summed E-state index contributed by atoms with van der Waals surface area (Å²) in [6, 6.07) is 10.7. The van der Waals surface area contributed by atoms with Crippen molar-refractivity contribution in [1.82, 2.24) is 20.1 Å². The van der Waals surface area contributed by atoms with Gasteiger partial charge in [-0.15, -0.1) is 0 Å². The molecule has 156 valence electrons. The summed E-state index contributed by atoms with van der Waals surface area (Å²) in [5.74, 6) is 2.15. The topological polar surface area (TPSA) is 108 Å². The van der Waals surface area contributed by atoms with Crippen LogP contribution < -0.4 is 19.5 Å². The van der Waals surface area contributed by atoms with Crippen LogP contribution in [0.1, 0.15) is 23.0 Å². The van der Waals surface area contributed by atoms with Crippen LogP contribution in [0.25, 0.3) is 5.82 Å². The van der Waals surface area contributed by atoms with Gasteiger partial charge in [0.15, 0.2) is 17.3 Å². The normalized spacial score (nSPS) is 13.1. The van der Waals surface area contributed by atoms with Gasteiger partial charge in [0.25, 0.3) is 5.91 Å². The van der Waals surface area contributed by atoms with E-state index >= 15 is 0 Å². The van der Waals surface area contributed by atoms with Crippen LogP contribution in [0, 0.1) is 0 Å². The van der Waals surface area contributed by atoms with Gasteiger partial charge in [0.2, 0.25) is 6.79 Å². The van der Waals surface area contributed by atoms with E-state index in [4.69, 9.17) is 14.2 Å². The molecule has 2 N–H and O–H groups in total. The Balaban J connectivity index is 1.32. The molecule has 1 aliphatic rings. The maximum absolute atomic E-state index is 12.6. The zero-order valence-corrected chi connectivity index (χ0v) is 16.4. The predicted molar refractivity (Wildman–Crippen MR) is 107 cm³/mol. The summed E-state index contributed by atoms with van der Waals surface area (Å²) in [4.78, 5) is 16.9. The molecule has 0 saturated heterocycles. The SMILES string of the molecule is CCc1c(C(=O)NCC(O)COc2ccc3c(c2)OCO3)cnn1-c1ccccn1. The molecule has 0 radical (unpaired) electrons. The largest absolute Gasteiger partial charge is 0.491 e. The molecule has 1 amide bonds. The van der Waals surface area contributed by atoms with Crippen LogP contribution in [0.3, 0.4) is 0 Å². The van der Waals surface area contributed by atoms with Crippen LogP contribution in [0.5, 0.6) is 17.2 Å². The van der Waals surface area contributed by atoms with E-state index < -0.39 is 6.10 Å². The third kappa shape index (κ3) is 4.20. The van der Waals surface area contributed by atoms with Gasteiger partial charge in [-0.1, -0.05) is 13.0 Å². The minimum Gasteiger partial charge on any atom is -0.491 e. The number of fused-ring (bicyclic) bond motifs is 1. The van der Waals surface area contributed by atoms with Crippen molar-refractivity contribution >= 4 is 5.91 Å². The molecule has 3 aromatic rings. The van der Waals surface area contributed by atoms with Crippen molar-refractivity contribution in [2.75, 3.05) is 19.9 Å². The summed E-state index contributed by atoms with van der Waals surface area (Å²) in [6.45, 7) is 2.19. The van der Waals surface area contributed by atoms with Crippen molar-refractivity contribution in [1.29, 1.82) is 0 Å². The fraction of sp³-hybridized carbons (Fsp3) is 0.286. The average Bonchev–Trinajstić information content (AvgIpc) is 3.42. The molecular formula is C21H22N4O5. The first-order chi connectivity index (χ1) is 14.7.